The molecule has 13 heavy (non-hydrogen) atoms. The van der Waals surface area contributed by atoms with Crippen LogP contribution in [0.1, 0.15) is 40.5 Å². The smallest absolute Gasteiger partial charge is 0.420 e. The van der Waals surface area contributed by atoms with Crippen molar-refractivity contribution in [2.75, 3.05) is 6.54 Å². The molecule has 0 radical (unpaired) electrons. The van der Waals surface area contributed by atoms with Crippen molar-refractivity contribution in [3.8, 4) is 0 Å². The third-order valence-corrected chi connectivity index (χ3v) is 1.94. The van der Waals surface area contributed by atoms with E-state index in [2.05, 4.69) is 23.1 Å². The molecule has 0 rings (SSSR count). The van der Waals surface area contributed by atoms with E-state index in [0.29, 0.717) is 6.54 Å². The summed E-state index contributed by atoms with van der Waals surface area (Å²) in [5.41, 5.74) is -0.421. The number of carbonyl (C=O) groups is 1. The Hall–Kier alpha value is -0.250. The van der Waals surface area contributed by atoms with E-state index in [0.717, 1.165) is 12.8 Å². The van der Waals surface area contributed by atoms with Crippen LogP contribution in [0.3, 0.4) is 0 Å². The van der Waals surface area contributed by atoms with Gasteiger partial charge in [-0.25, -0.2) is 8.72 Å². The van der Waals surface area contributed by atoms with Gasteiger partial charge in [0.1, 0.15) is 5.60 Å². The average Bonchev–Trinajstić information content (AvgIpc) is 1.96. The van der Waals surface area contributed by atoms with E-state index in [9.17, 15) is 4.79 Å². The Morgan fingerprint density at radius 2 is 2.00 bits per heavy atom. The zero-order valence-corrected chi connectivity index (χ0v) is 10.3. The van der Waals surface area contributed by atoms with Gasteiger partial charge in [-0.15, -0.1) is 0 Å². The lowest BCUT2D eigenvalue weighted by Gasteiger charge is -2.23. The molecule has 0 aliphatic heterocycles. The van der Waals surface area contributed by atoms with E-state index >= 15 is 0 Å². The molecule has 0 atom stereocenters. The van der Waals surface area contributed by atoms with Crippen molar-refractivity contribution in [3.63, 3.8) is 0 Å². The largest absolute Gasteiger partial charge is 0.443 e. The standard InChI is InChI=1S/C9H18BrNO2/c1-5-6-7-11(10)8(12)13-9(2,3)4/h5-7H2,1-4H3. The summed E-state index contributed by atoms with van der Waals surface area (Å²) in [7, 11) is 0. The highest BCUT2D eigenvalue weighted by atomic mass is 79.9. The Morgan fingerprint density at radius 3 is 2.38 bits per heavy atom. The van der Waals surface area contributed by atoms with Crippen LogP contribution in [0.4, 0.5) is 4.79 Å². The topological polar surface area (TPSA) is 29.5 Å². The fraction of sp³-hybridized carbons (Fsp3) is 0.889. The van der Waals surface area contributed by atoms with Gasteiger partial charge in [-0.3, -0.25) is 0 Å². The monoisotopic (exact) mass is 251 g/mol. The second-order valence-corrected chi connectivity index (χ2v) is 4.78. The summed E-state index contributed by atoms with van der Waals surface area (Å²) < 4.78 is 6.57. The Morgan fingerprint density at radius 1 is 1.46 bits per heavy atom. The number of hydrogen-bond donors (Lipinski definition) is 0. The number of ether oxygens (including phenoxy) is 1. The van der Waals surface area contributed by atoms with Crippen LogP contribution in [0.15, 0.2) is 0 Å². The van der Waals surface area contributed by atoms with Crippen molar-refractivity contribution in [2.24, 2.45) is 0 Å². The molecule has 0 aromatic rings. The lowest BCUT2D eigenvalue weighted by atomic mass is 10.2. The first-order valence-corrected chi connectivity index (χ1v) is 5.24. The first-order chi connectivity index (χ1) is 5.87. The van der Waals surface area contributed by atoms with Gasteiger partial charge in [0.05, 0.1) is 16.1 Å². The van der Waals surface area contributed by atoms with Gasteiger partial charge in [-0.1, -0.05) is 13.3 Å². The highest BCUT2D eigenvalue weighted by molar-refractivity contribution is 9.07. The zero-order chi connectivity index (χ0) is 10.5. The van der Waals surface area contributed by atoms with E-state index in [1.807, 2.05) is 20.8 Å². The van der Waals surface area contributed by atoms with Crippen LogP contribution >= 0.6 is 16.1 Å². The number of amides is 1. The van der Waals surface area contributed by atoms with Gasteiger partial charge in [0.2, 0.25) is 0 Å². The summed E-state index contributed by atoms with van der Waals surface area (Å²) in [5.74, 6) is 0. The van der Waals surface area contributed by atoms with Crippen LogP contribution in [0, 0.1) is 0 Å². The van der Waals surface area contributed by atoms with Crippen molar-refractivity contribution >= 4 is 22.2 Å². The minimum Gasteiger partial charge on any atom is -0.443 e. The molecule has 0 unspecified atom stereocenters. The highest BCUT2D eigenvalue weighted by Crippen LogP contribution is 2.12. The van der Waals surface area contributed by atoms with Crippen molar-refractivity contribution in [3.05, 3.63) is 0 Å². The number of hydrogen-bond acceptors (Lipinski definition) is 2. The quantitative estimate of drug-likeness (QED) is 0.721. The van der Waals surface area contributed by atoms with E-state index in [-0.39, 0.29) is 6.09 Å². The predicted octanol–water partition coefficient (Wildman–Crippen LogP) is 3.33. The summed E-state index contributed by atoms with van der Waals surface area (Å²) in [4.78, 5) is 11.3. The second kappa shape index (κ2) is 5.47. The number of rotatable bonds is 3. The molecule has 0 aliphatic rings. The fourth-order valence-electron chi connectivity index (χ4n) is 0.700. The van der Waals surface area contributed by atoms with Crippen molar-refractivity contribution in [2.45, 2.75) is 46.1 Å². The number of halogens is 1. The molecule has 1 amide bonds. The van der Waals surface area contributed by atoms with Crippen LogP contribution in [0.25, 0.3) is 0 Å². The van der Waals surface area contributed by atoms with Gasteiger partial charge in [0, 0.05) is 6.54 Å². The summed E-state index contributed by atoms with van der Waals surface area (Å²) in [6.07, 6.45) is 1.72. The van der Waals surface area contributed by atoms with Gasteiger partial charge < -0.3 is 4.74 Å². The average molecular weight is 252 g/mol. The van der Waals surface area contributed by atoms with Crippen LogP contribution < -0.4 is 0 Å². The van der Waals surface area contributed by atoms with E-state index in [1.165, 1.54) is 3.93 Å². The predicted molar refractivity (Wildman–Crippen MR) is 56.8 cm³/mol. The number of unbranched alkanes of at least 4 members (excludes halogenated alkanes) is 1. The Bertz CT molecular complexity index is 165. The maximum atomic E-state index is 11.3. The molecule has 0 N–H and O–H groups in total. The molecular formula is C9H18BrNO2. The molecule has 3 nitrogen and oxygen atoms in total. The molecule has 0 aromatic heterocycles. The van der Waals surface area contributed by atoms with Crippen molar-refractivity contribution in [1.29, 1.82) is 0 Å². The molecule has 78 valence electrons. The molecule has 0 heterocycles. The summed E-state index contributed by atoms with van der Waals surface area (Å²) in [6.45, 7) is 8.32. The lowest BCUT2D eigenvalue weighted by molar-refractivity contribution is 0.0414. The molecule has 0 bridgehead atoms. The molecular weight excluding hydrogens is 234 g/mol. The van der Waals surface area contributed by atoms with Crippen LogP contribution in [-0.4, -0.2) is 22.2 Å². The van der Waals surface area contributed by atoms with Gasteiger partial charge in [0.15, 0.2) is 0 Å². The summed E-state index contributed by atoms with van der Waals surface area (Å²) in [5, 5.41) is 0. The minimum atomic E-state index is -0.421. The van der Waals surface area contributed by atoms with E-state index in [1.54, 1.807) is 0 Å². The highest BCUT2D eigenvalue weighted by Gasteiger charge is 2.19. The van der Waals surface area contributed by atoms with E-state index < -0.39 is 5.60 Å². The minimum absolute atomic E-state index is 0.319. The van der Waals surface area contributed by atoms with Crippen molar-refractivity contribution < 1.29 is 9.53 Å². The van der Waals surface area contributed by atoms with Crippen LogP contribution in [0.2, 0.25) is 0 Å². The Labute approximate surface area is 88.8 Å². The van der Waals surface area contributed by atoms with Gasteiger partial charge >= 0.3 is 6.09 Å². The molecule has 4 heteroatoms. The van der Waals surface area contributed by atoms with Crippen LogP contribution in [-0.2, 0) is 4.74 Å². The van der Waals surface area contributed by atoms with Gasteiger partial charge in [0.25, 0.3) is 0 Å². The maximum Gasteiger partial charge on any atom is 0.420 e. The van der Waals surface area contributed by atoms with Gasteiger partial charge in [-0.05, 0) is 27.2 Å². The first-order valence-electron chi connectivity index (χ1n) is 4.53. The molecule has 0 saturated carbocycles. The molecule has 0 fully saturated rings. The first kappa shape index (κ1) is 12.8. The molecule has 0 saturated heterocycles. The number of nitrogens with zero attached hydrogens (tertiary/aromatic N) is 1. The lowest BCUT2D eigenvalue weighted by Crippen LogP contribution is -2.31. The third-order valence-electron chi connectivity index (χ3n) is 1.30. The normalized spacial score (nSPS) is 11.2. The maximum absolute atomic E-state index is 11.3. The van der Waals surface area contributed by atoms with Crippen molar-refractivity contribution in [1.82, 2.24) is 3.93 Å². The fourth-order valence-corrected chi connectivity index (χ4v) is 1.02. The summed E-state index contributed by atoms with van der Waals surface area (Å²) >= 11 is 3.16. The van der Waals surface area contributed by atoms with Gasteiger partial charge in [-0.2, -0.15) is 0 Å². The SMILES string of the molecule is CCCCN(Br)C(=O)OC(C)(C)C. The van der Waals surface area contributed by atoms with Crippen LogP contribution in [0.5, 0.6) is 0 Å². The zero-order valence-electron chi connectivity index (χ0n) is 8.76. The number of carbonyl (C=O) groups excluding carboxylic acids is 1. The molecule has 0 aliphatic carbocycles. The Kier molecular flexibility index (Phi) is 5.37. The molecule has 0 aromatic carbocycles. The Balaban J connectivity index is 3.83. The third kappa shape index (κ3) is 6.87. The second-order valence-electron chi connectivity index (χ2n) is 3.92. The van der Waals surface area contributed by atoms with E-state index in [4.69, 9.17) is 4.74 Å². The summed E-state index contributed by atoms with van der Waals surface area (Å²) in [6, 6.07) is 0. The molecule has 0 spiro atoms.